The standard InChI is InChI=1S/C12H20N2O3S2/c1-8(12(2,3)4)14-10(15)7-9-5-6-11(18-9)19(13,16)17/h5-6,8H,7H2,1-4H3,(H,14,15)(H2,13,16,17). The summed E-state index contributed by atoms with van der Waals surface area (Å²) in [6.07, 6.45) is 0.167. The first-order chi connectivity index (χ1) is 8.50. The minimum Gasteiger partial charge on any atom is -0.353 e. The lowest BCUT2D eigenvalue weighted by atomic mass is 9.88. The Bertz CT molecular complexity index is 556. The Balaban J connectivity index is 2.66. The normalized spacial score (nSPS) is 14.2. The number of hydrogen-bond donors (Lipinski definition) is 2. The summed E-state index contributed by atoms with van der Waals surface area (Å²) in [4.78, 5) is 12.5. The Morgan fingerprint density at radius 2 is 2.00 bits per heavy atom. The lowest BCUT2D eigenvalue weighted by Gasteiger charge is -2.28. The van der Waals surface area contributed by atoms with Gasteiger partial charge in [0.15, 0.2) is 0 Å². The second kappa shape index (κ2) is 5.60. The molecular weight excluding hydrogens is 284 g/mol. The van der Waals surface area contributed by atoms with Crippen molar-refractivity contribution in [1.82, 2.24) is 5.32 Å². The van der Waals surface area contributed by atoms with Gasteiger partial charge in [0.25, 0.3) is 0 Å². The Kier molecular flexibility index (Phi) is 4.76. The molecule has 5 nitrogen and oxygen atoms in total. The Labute approximate surface area is 118 Å². The molecule has 3 N–H and O–H groups in total. The number of carbonyl (C=O) groups is 1. The monoisotopic (exact) mass is 304 g/mol. The molecule has 108 valence electrons. The van der Waals surface area contributed by atoms with Gasteiger partial charge in [0.1, 0.15) is 4.21 Å². The van der Waals surface area contributed by atoms with E-state index in [1.807, 2.05) is 27.7 Å². The quantitative estimate of drug-likeness (QED) is 0.883. The third-order valence-corrected chi connectivity index (χ3v) is 5.45. The fourth-order valence-corrected chi connectivity index (χ4v) is 3.05. The smallest absolute Gasteiger partial charge is 0.247 e. The molecule has 0 aliphatic carbocycles. The van der Waals surface area contributed by atoms with Crippen LogP contribution in [0, 0.1) is 5.41 Å². The Morgan fingerprint density at radius 1 is 1.42 bits per heavy atom. The van der Waals surface area contributed by atoms with Gasteiger partial charge in [-0.2, -0.15) is 0 Å². The van der Waals surface area contributed by atoms with Gasteiger partial charge in [-0.1, -0.05) is 20.8 Å². The van der Waals surface area contributed by atoms with Gasteiger partial charge in [0, 0.05) is 10.9 Å². The summed E-state index contributed by atoms with van der Waals surface area (Å²) in [5.74, 6) is -0.120. The topological polar surface area (TPSA) is 89.3 Å². The first kappa shape index (κ1) is 16.1. The van der Waals surface area contributed by atoms with Gasteiger partial charge in [0.2, 0.25) is 15.9 Å². The molecule has 0 aromatic carbocycles. The fraction of sp³-hybridized carbons (Fsp3) is 0.583. The first-order valence-corrected chi connectivity index (χ1v) is 8.27. The van der Waals surface area contributed by atoms with Crippen molar-refractivity contribution in [3.63, 3.8) is 0 Å². The minimum atomic E-state index is -3.68. The van der Waals surface area contributed by atoms with E-state index in [4.69, 9.17) is 5.14 Å². The molecule has 0 saturated carbocycles. The van der Waals surface area contributed by atoms with Crippen LogP contribution in [0.4, 0.5) is 0 Å². The van der Waals surface area contributed by atoms with E-state index >= 15 is 0 Å². The SMILES string of the molecule is CC(NC(=O)Cc1ccc(S(N)(=O)=O)s1)C(C)(C)C. The number of carbonyl (C=O) groups excluding carboxylic acids is 1. The Hall–Kier alpha value is -0.920. The number of hydrogen-bond acceptors (Lipinski definition) is 4. The third kappa shape index (κ3) is 4.93. The van der Waals surface area contributed by atoms with Crippen LogP contribution in [0.25, 0.3) is 0 Å². The zero-order chi connectivity index (χ0) is 14.8. The number of nitrogens with one attached hydrogen (secondary N) is 1. The molecule has 1 aromatic heterocycles. The van der Waals surface area contributed by atoms with E-state index in [0.29, 0.717) is 4.88 Å². The van der Waals surface area contributed by atoms with E-state index in [0.717, 1.165) is 11.3 Å². The molecule has 1 aromatic rings. The van der Waals surface area contributed by atoms with Crippen molar-refractivity contribution < 1.29 is 13.2 Å². The van der Waals surface area contributed by atoms with Crippen molar-refractivity contribution >= 4 is 27.3 Å². The van der Waals surface area contributed by atoms with Gasteiger partial charge < -0.3 is 5.32 Å². The van der Waals surface area contributed by atoms with Crippen molar-refractivity contribution in [2.75, 3.05) is 0 Å². The number of sulfonamides is 1. The predicted molar refractivity (Wildman–Crippen MR) is 76.5 cm³/mol. The average Bonchev–Trinajstić information content (AvgIpc) is 2.63. The lowest BCUT2D eigenvalue weighted by molar-refractivity contribution is -0.121. The van der Waals surface area contributed by atoms with Crippen LogP contribution in [0.2, 0.25) is 0 Å². The minimum absolute atomic E-state index is 0.0170. The molecule has 0 bridgehead atoms. The predicted octanol–water partition coefficient (Wildman–Crippen LogP) is 1.49. The highest BCUT2D eigenvalue weighted by Crippen LogP contribution is 2.22. The number of primary sulfonamides is 1. The van der Waals surface area contributed by atoms with Crippen LogP contribution >= 0.6 is 11.3 Å². The molecule has 0 aliphatic heterocycles. The molecule has 0 radical (unpaired) electrons. The van der Waals surface area contributed by atoms with Crippen LogP contribution < -0.4 is 10.5 Å². The number of nitrogens with two attached hydrogens (primary N) is 1. The number of rotatable bonds is 4. The number of thiophene rings is 1. The van der Waals surface area contributed by atoms with Crippen molar-refractivity contribution in [1.29, 1.82) is 0 Å². The first-order valence-electron chi connectivity index (χ1n) is 5.91. The highest BCUT2D eigenvalue weighted by Gasteiger charge is 2.22. The molecule has 1 atom stereocenters. The van der Waals surface area contributed by atoms with Crippen LogP contribution in [0.15, 0.2) is 16.3 Å². The molecule has 1 heterocycles. The Morgan fingerprint density at radius 3 is 2.42 bits per heavy atom. The van der Waals surface area contributed by atoms with Crippen molar-refractivity contribution in [2.24, 2.45) is 10.6 Å². The van der Waals surface area contributed by atoms with Gasteiger partial charge in [-0.15, -0.1) is 11.3 Å². The molecule has 0 saturated heterocycles. The zero-order valence-electron chi connectivity index (χ0n) is 11.6. The summed E-state index contributed by atoms with van der Waals surface area (Å²) in [5.41, 5.74) is -0.0170. The van der Waals surface area contributed by atoms with Crippen LogP contribution in [0.3, 0.4) is 0 Å². The van der Waals surface area contributed by atoms with E-state index in [-0.39, 0.29) is 28.0 Å². The van der Waals surface area contributed by atoms with Crippen LogP contribution in [-0.2, 0) is 21.2 Å². The van der Waals surface area contributed by atoms with Gasteiger partial charge in [-0.3, -0.25) is 4.79 Å². The fourth-order valence-electron chi connectivity index (χ4n) is 1.27. The molecule has 19 heavy (non-hydrogen) atoms. The largest absolute Gasteiger partial charge is 0.353 e. The summed E-state index contributed by atoms with van der Waals surface area (Å²) >= 11 is 1.03. The molecule has 0 aliphatic rings. The van der Waals surface area contributed by atoms with E-state index in [2.05, 4.69) is 5.32 Å². The highest BCUT2D eigenvalue weighted by molar-refractivity contribution is 7.91. The van der Waals surface area contributed by atoms with Gasteiger partial charge in [-0.05, 0) is 24.5 Å². The average molecular weight is 304 g/mol. The summed E-state index contributed by atoms with van der Waals surface area (Å²) in [7, 11) is -3.68. The van der Waals surface area contributed by atoms with E-state index in [1.54, 1.807) is 6.07 Å². The second-order valence-corrected chi connectivity index (χ2v) is 8.55. The second-order valence-electron chi connectivity index (χ2n) is 5.60. The molecule has 1 amide bonds. The maximum atomic E-state index is 11.8. The summed E-state index contributed by atoms with van der Waals surface area (Å²) in [6.45, 7) is 8.08. The lowest BCUT2D eigenvalue weighted by Crippen LogP contribution is -2.41. The number of amides is 1. The van der Waals surface area contributed by atoms with Crippen molar-refractivity contribution in [2.45, 2.75) is 44.4 Å². The third-order valence-electron chi connectivity index (χ3n) is 2.93. The summed E-state index contributed by atoms with van der Waals surface area (Å²) in [6, 6.07) is 3.08. The zero-order valence-corrected chi connectivity index (χ0v) is 13.2. The van der Waals surface area contributed by atoms with Gasteiger partial charge >= 0.3 is 0 Å². The molecule has 0 fully saturated rings. The molecule has 1 unspecified atom stereocenters. The molecular formula is C12H20N2O3S2. The highest BCUT2D eigenvalue weighted by atomic mass is 32.2. The maximum absolute atomic E-state index is 11.8. The van der Waals surface area contributed by atoms with E-state index in [9.17, 15) is 13.2 Å². The van der Waals surface area contributed by atoms with Gasteiger partial charge in [-0.25, -0.2) is 13.6 Å². The van der Waals surface area contributed by atoms with Crippen molar-refractivity contribution in [3.05, 3.63) is 17.0 Å². The summed E-state index contributed by atoms with van der Waals surface area (Å²) < 4.78 is 22.3. The maximum Gasteiger partial charge on any atom is 0.247 e. The molecule has 7 heteroatoms. The van der Waals surface area contributed by atoms with Crippen LogP contribution in [0.5, 0.6) is 0 Å². The summed E-state index contributed by atoms with van der Waals surface area (Å²) in [5, 5.41) is 7.92. The van der Waals surface area contributed by atoms with Crippen molar-refractivity contribution in [3.8, 4) is 0 Å². The van der Waals surface area contributed by atoms with Crippen LogP contribution in [0.1, 0.15) is 32.6 Å². The molecule has 1 rings (SSSR count). The van der Waals surface area contributed by atoms with Crippen LogP contribution in [-0.4, -0.2) is 20.4 Å². The van der Waals surface area contributed by atoms with E-state index in [1.165, 1.54) is 6.07 Å². The van der Waals surface area contributed by atoms with E-state index < -0.39 is 10.0 Å². The van der Waals surface area contributed by atoms with Gasteiger partial charge in [0.05, 0.1) is 6.42 Å². The molecule has 0 spiro atoms.